The van der Waals surface area contributed by atoms with Crippen LogP contribution in [0.2, 0.25) is 0 Å². The molecule has 0 aliphatic rings. The third-order valence-corrected chi connectivity index (χ3v) is 6.71. The Kier molecular flexibility index (Phi) is 8.11. The molecule has 0 bridgehead atoms. The molecule has 0 saturated carbocycles. The highest BCUT2D eigenvalue weighted by Crippen LogP contribution is 2.28. The van der Waals surface area contributed by atoms with Gasteiger partial charge in [-0.3, -0.25) is 13.9 Å². The van der Waals surface area contributed by atoms with Crippen LogP contribution in [-0.2, 0) is 26.2 Å². The summed E-state index contributed by atoms with van der Waals surface area (Å²) in [7, 11) is -3.85. The third kappa shape index (κ3) is 6.57. The predicted octanol–water partition coefficient (Wildman–Crippen LogP) is 3.69. The minimum Gasteiger partial charge on any atom is -0.352 e. The average molecular weight is 500 g/mol. The van der Waals surface area contributed by atoms with Crippen LogP contribution in [0.4, 0.5) is 10.1 Å². The lowest BCUT2D eigenvalue weighted by atomic mass is 10.1. The first-order valence-electron chi connectivity index (χ1n) is 11.3. The van der Waals surface area contributed by atoms with Gasteiger partial charge in [-0.1, -0.05) is 48.5 Å². The summed E-state index contributed by atoms with van der Waals surface area (Å²) in [6.07, 6.45) is 1.04. The summed E-state index contributed by atoms with van der Waals surface area (Å²) < 4.78 is 40.1. The number of carbonyl (C=O) groups is 2. The molecule has 1 N–H and O–H groups in total. The first kappa shape index (κ1) is 26.2. The topological polar surface area (TPSA) is 86.8 Å². The summed E-state index contributed by atoms with van der Waals surface area (Å²) in [6.45, 7) is 4.72. The van der Waals surface area contributed by atoms with Crippen molar-refractivity contribution in [3.05, 3.63) is 78.1 Å². The molecule has 2 amide bonds. The number of hydrogen-bond acceptors (Lipinski definition) is 4. The molecule has 0 saturated heterocycles. The molecular weight excluding hydrogens is 469 g/mol. The van der Waals surface area contributed by atoms with Gasteiger partial charge in [0.1, 0.15) is 18.4 Å². The summed E-state index contributed by atoms with van der Waals surface area (Å²) in [5.41, 5.74) is 0.986. The fourth-order valence-electron chi connectivity index (χ4n) is 3.79. The second kappa shape index (κ2) is 10.9. The van der Waals surface area contributed by atoms with E-state index in [1.807, 2.05) is 32.0 Å². The van der Waals surface area contributed by atoms with E-state index in [0.29, 0.717) is 16.6 Å². The van der Waals surface area contributed by atoms with E-state index in [2.05, 4.69) is 5.32 Å². The number of benzene rings is 3. The number of nitrogens with one attached hydrogen (secondary N) is 1. The molecule has 0 radical (unpaired) electrons. The Hall–Kier alpha value is -3.46. The van der Waals surface area contributed by atoms with Crippen molar-refractivity contribution in [2.75, 3.05) is 17.1 Å². The van der Waals surface area contributed by atoms with Crippen LogP contribution in [0.25, 0.3) is 10.8 Å². The molecule has 0 aliphatic heterocycles. The van der Waals surface area contributed by atoms with Gasteiger partial charge in [0.15, 0.2) is 0 Å². The van der Waals surface area contributed by atoms with Crippen LogP contribution in [-0.4, -0.2) is 50.0 Å². The summed E-state index contributed by atoms with van der Waals surface area (Å²) in [4.78, 5) is 27.7. The number of amides is 2. The van der Waals surface area contributed by atoms with Crippen LogP contribution in [0.3, 0.4) is 0 Å². The summed E-state index contributed by atoms with van der Waals surface area (Å²) in [5, 5.41) is 4.30. The van der Waals surface area contributed by atoms with Crippen molar-refractivity contribution in [2.45, 2.75) is 39.4 Å². The maximum Gasteiger partial charge on any atom is 0.244 e. The van der Waals surface area contributed by atoms with Crippen molar-refractivity contribution in [2.24, 2.45) is 0 Å². The highest BCUT2D eigenvalue weighted by atomic mass is 32.2. The van der Waals surface area contributed by atoms with Crippen molar-refractivity contribution in [3.63, 3.8) is 0 Å². The monoisotopic (exact) mass is 499 g/mol. The molecule has 3 aromatic rings. The van der Waals surface area contributed by atoms with Gasteiger partial charge >= 0.3 is 0 Å². The van der Waals surface area contributed by atoms with Crippen LogP contribution in [0.5, 0.6) is 0 Å². The zero-order valence-corrected chi connectivity index (χ0v) is 21.0. The Morgan fingerprint density at radius 3 is 2.20 bits per heavy atom. The molecule has 0 spiro atoms. The van der Waals surface area contributed by atoms with Crippen LogP contribution >= 0.6 is 0 Å². The first-order valence-corrected chi connectivity index (χ1v) is 13.1. The van der Waals surface area contributed by atoms with Gasteiger partial charge in [0.2, 0.25) is 21.8 Å². The highest BCUT2D eigenvalue weighted by Gasteiger charge is 2.30. The molecular formula is C26H30FN3O4S. The van der Waals surface area contributed by atoms with Gasteiger partial charge < -0.3 is 10.2 Å². The smallest absolute Gasteiger partial charge is 0.244 e. The van der Waals surface area contributed by atoms with E-state index < -0.39 is 34.3 Å². The fourth-order valence-corrected chi connectivity index (χ4v) is 4.66. The van der Waals surface area contributed by atoms with Crippen LogP contribution in [0.15, 0.2) is 66.7 Å². The van der Waals surface area contributed by atoms with Crippen molar-refractivity contribution < 1.29 is 22.4 Å². The molecule has 9 heteroatoms. The minimum atomic E-state index is -3.85. The number of nitrogens with zero attached hydrogens (tertiary/aromatic N) is 2. The molecule has 35 heavy (non-hydrogen) atoms. The molecule has 0 heterocycles. The third-order valence-electron chi connectivity index (χ3n) is 5.58. The van der Waals surface area contributed by atoms with Gasteiger partial charge in [-0.05, 0) is 49.9 Å². The second-order valence-corrected chi connectivity index (χ2v) is 10.7. The molecule has 186 valence electrons. The lowest BCUT2D eigenvalue weighted by Crippen LogP contribution is -2.52. The Morgan fingerprint density at radius 2 is 1.57 bits per heavy atom. The molecule has 3 aromatic carbocycles. The van der Waals surface area contributed by atoms with Gasteiger partial charge in [-0.2, -0.15) is 0 Å². The maximum atomic E-state index is 13.6. The van der Waals surface area contributed by atoms with E-state index in [1.165, 1.54) is 29.2 Å². The fraction of sp³-hybridized carbons (Fsp3) is 0.308. The highest BCUT2D eigenvalue weighted by molar-refractivity contribution is 7.92. The van der Waals surface area contributed by atoms with Crippen molar-refractivity contribution in [1.29, 1.82) is 0 Å². The Bertz CT molecular complexity index is 1300. The molecule has 0 fully saturated rings. The van der Waals surface area contributed by atoms with E-state index in [1.54, 1.807) is 31.2 Å². The molecule has 1 atom stereocenters. The quantitative estimate of drug-likeness (QED) is 0.487. The number of rotatable bonds is 9. The predicted molar refractivity (Wildman–Crippen MR) is 136 cm³/mol. The zero-order chi connectivity index (χ0) is 25.8. The van der Waals surface area contributed by atoms with Gasteiger partial charge in [0.25, 0.3) is 0 Å². The van der Waals surface area contributed by atoms with Crippen LogP contribution < -0.4 is 9.62 Å². The largest absolute Gasteiger partial charge is 0.352 e. The zero-order valence-electron chi connectivity index (χ0n) is 20.2. The van der Waals surface area contributed by atoms with E-state index in [4.69, 9.17) is 0 Å². The summed E-state index contributed by atoms with van der Waals surface area (Å²) in [6, 6.07) is 17.1. The van der Waals surface area contributed by atoms with E-state index >= 15 is 0 Å². The first-order chi connectivity index (χ1) is 16.5. The van der Waals surface area contributed by atoms with Crippen molar-refractivity contribution in [3.8, 4) is 0 Å². The Balaban J connectivity index is 1.99. The summed E-state index contributed by atoms with van der Waals surface area (Å²) >= 11 is 0. The van der Waals surface area contributed by atoms with E-state index in [0.717, 1.165) is 15.9 Å². The molecule has 0 aromatic heterocycles. The standard InChI is InChI=1S/C26H30FN3O4S/c1-18(2)28-26(32)19(3)29(16-20-12-14-22(27)15-13-20)25(31)17-30(35(4,33)34)24-11-7-9-21-8-5-6-10-23(21)24/h5-15,18-19H,16-17H2,1-4H3,(H,28,32)/t19-/m1/s1. The SMILES string of the molecule is CC(C)NC(=O)[C@@H](C)N(Cc1ccc(F)cc1)C(=O)CN(c1cccc2ccccc12)S(C)(=O)=O. The van der Waals surface area contributed by atoms with Crippen LogP contribution in [0, 0.1) is 5.82 Å². The van der Waals surface area contributed by atoms with E-state index in [-0.39, 0.29) is 18.5 Å². The Labute approximate surface area is 205 Å². The van der Waals surface area contributed by atoms with Gasteiger partial charge in [-0.25, -0.2) is 12.8 Å². The number of carbonyl (C=O) groups excluding carboxylic acids is 2. The molecule has 3 rings (SSSR count). The number of anilines is 1. The lowest BCUT2D eigenvalue weighted by molar-refractivity contribution is -0.139. The molecule has 7 nitrogen and oxygen atoms in total. The van der Waals surface area contributed by atoms with E-state index in [9.17, 15) is 22.4 Å². The molecule has 0 aliphatic carbocycles. The average Bonchev–Trinajstić information content (AvgIpc) is 2.80. The lowest BCUT2D eigenvalue weighted by Gasteiger charge is -2.32. The number of sulfonamides is 1. The number of hydrogen-bond donors (Lipinski definition) is 1. The van der Waals surface area contributed by atoms with Gasteiger partial charge in [0.05, 0.1) is 11.9 Å². The van der Waals surface area contributed by atoms with Crippen molar-refractivity contribution in [1.82, 2.24) is 10.2 Å². The molecule has 0 unspecified atom stereocenters. The normalized spacial score (nSPS) is 12.4. The minimum absolute atomic E-state index is 0.0128. The van der Waals surface area contributed by atoms with Crippen molar-refractivity contribution >= 4 is 38.3 Å². The van der Waals surface area contributed by atoms with Gasteiger partial charge in [0, 0.05) is 18.0 Å². The second-order valence-electron chi connectivity index (χ2n) is 8.76. The van der Waals surface area contributed by atoms with Gasteiger partial charge in [-0.15, -0.1) is 0 Å². The number of halogens is 1. The van der Waals surface area contributed by atoms with Crippen LogP contribution in [0.1, 0.15) is 26.3 Å². The summed E-state index contributed by atoms with van der Waals surface area (Å²) in [5.74, 6) is -1.35. The number of fused-ring (bicyclic) bond motifs is 1. The Morgan fingerprint density at radius 1 is 0.943 bits per heavy atom. The maximum absolute atomic E-state index is 13.6.